The summed E-state index contributed by atoms with van der Waals surface area (Å²) in [6.07, 6.45) is 3.58. The maximum atomic E-state index is 12.9. The number of anilines is 1. The second-order valence-corrected chi connectivity index (χ2v) is 8.88. The zero-order valence-electron chi connectivity index (χ0n) is 19.6. The Morgan fingerprint density at radius 2 is 1.62 bits per heavy atom. The summed E-state index contributed by atoms with van der Waals surface area (Å²) in [4.78, 5) is 28.0. The largest absolute Gasteiger partial charge is 0.371 e. The molecule has 172 valence electrons. The first kappa shape index (κ1) is 23.8. The summed E-state index contributed by atoms with van der Waals surface area (Å²) >= 11 is 0. The number of nitrogens with one attached hydrogen (secondary N) is 2. The van der Waals surface area contributed by atoms with E-state index in [0.717, 1.165) is 55.6 Å². The zero-order valence-corrected chi connectivity index (χ0v) is 19.6. The summed E-state index contributed by atoms with van der Waals surface area (Å²) in [6, 6.07) is 18.0. The van der Waals surface area contributed by atoms with E-state index in [-0.39, 0.29) is 23.8 Å². The van der Waals surface area contributed by atoms with Crippen molar-refractivity contribution >= 4 is 17.5 Å². The average molecular weight is 436 g/mol. The first-order chi connectivity index (χ1) is 15.5. The quantitative estimate of drug-likeness (QED) is 0.598. The third-order valence-corrected chi connectivity index (χ3v) is 6.57. The summed E-state index contributed by atoms with van der Waals surface area (Å²) in [5.41, 5.74) is 2.78. The number of hydrogen-bond acceptors (Lipinski definition) is 3. The highest BCUT2D eigenvalue weighted by Gasteiger charge is 2.26. The van der Waals surface area contributed by atoms with Gasteiger partial charge in [0.25, 0.3) is 5.91 Å². The van der Waals surface area contributed by atoms with Gasteiger partial charge in [-0.2, -0.15) is 0 Å². The van der Waals surface area contributed by atoms with Crippen LogP contribution in [0.2, 0.25) is 0 Å². The Morgan fingerprint density at radius 1 is 0.969 bits per heavy atom. The molecule has 3 rings (SSSR count). The highest BCUT2D eigenvalue weighted by molar-refractivity contribution is 5.99. The predicted octanol–water partition coefficient (Wildman–Crippen LogP) is 4.74. The first-order valence-electron chi connectivity index (χ1n) is 12.0. The fraction of sp³-hybridized carbons (Fsp3) is 0.481. The van der Waals surface area contributed by atoms with E-state index in [9.17, 15) is 9.59 Å². The third-order valence-electron chi connectivity index (χ3n) is 6.57. The Balaban J connectivity index is 1.58. The fourth-order valence-corrected chi connectivity index (χ4v) is 4.27. The molecule has 1 fully saturated rings. The molecule has 0 radical (unpaired) electrons. The van der Waals surface area contributed by atoms with Gasteiger partial charge >= 0.3 is 0 Å². The summed E-state index contributed by atoms with van der Waals surface area (Å²) in [5, 5.41) is 6.35. The molecule has 5 heteroatoms. The molecule has 0 saturated carbocycles. The number of amides is 2. The predicted molar refractivity (Wildman–Crippen MR) is 131 cm³/mol. The Labute approximate surface area is 192 Å². The summed E-state index contributed by atoms with van der Waals surface area (Å²) in [6.45, 7) is 8.68. The highest BCUT2D eigenvalue weighted by atomic mass is 16.2. The van der Waals surface area contributed by atoms with Crippen molar-refractivity contribution in [3.8, 4) is 0 Å². The van der Waals surface area contributed by atoms with Crippen LogP contribution in [-0.4, -0.2) is 37.5 Å². The van der Waals surface area contributed by atoms with E-state index in [1.165, 1.54) is 0 Å². The van der Waals surface area contributed by atoms with Gasteiger partial charge in [0.1, 0.15) is 0 Å². The molecule has 5 nitrogen and oxygen atoms in total. The first-order valence-corrected chi connectivity index (χ1v) is 12.0. The SMILES string of the molecule is CCC(C)CNC(=O)c1ccccc1N1CCC(NC(=O)C(CC)c2ccccc2)CC1. The maximum absolute atomic E-state index is 12.9. The van der Waals surface area contributed by atoms with Crippen LogP contribution in [0.3, 0.4) is 0 Å². The second-order valence-electron chi connectivity index (χ2n) is 8.88. The number of rotatable bonds is 9. The molecule has 0 aliphatic carbocycles. The van der Waals surface area contributed by atoms with Gasteiger partial charge < -0.3 is 15.5 Å². The Hall–Kier alpha value is -2.82. The number of carbonyl (C=O) groups is 2. The lowest BCUT2D eigenvalue weighted by Crippen LogP contribution is -2.46. The van der Waals surface area contributed by atoms with E-state index in [1.54, 1.807) is 0 Å². The van der Waals surface area contributed by atoms with Crippen molar-refractivity contribution in [2.75, 3.05) is 24.5 Å². The molecular weight excluding hydrogens is 398 g/mol. The van der Waals surface area contributed by atoms with Gasteiger partial charge in [-0.05, 0) is 42.9 Å². The topological polar surface area (TPSA) is 61.4 Å². The van der Waals surface area contributed by atoms with E-state index in [2.05, 4.69) is 36.3 Å². The standard InChI is InChI=1S/C27H37N3O2/c1-4-20(3)19-28-26(31)24-13-9-10-14-25(24)30-17-15-22(16-18-30)29-27(32)23(5-2)21-11-7-6-8-12-21/h6-14,20,22-23H,4-5,15-19H2,1-3H3,(H,28,31)(H,29,32). The minimum absolute atomic E-state index is 0.00928. The molecule has 0 bridgehead atoms. The molecule has 1 heterocycles. The number of carbonyl (C=O) groups excluding carboxylic acids is 2. The normalized spacial score (nSPS) is 16.3. The van der Waals surface area contributed by atoms with Crippen molar-refractivity contribution in [2.45, 2.75) is 58.4 Å². The van der Waals surface area contributed by atoms with Crippen LogP contribution in [0.15, 0.2) is 54.6 Å². The molecule has 0 spiro atoms. The van der Waals surface area contributed by atoms with Gasteiger partial charge in [-0.3, -0.25) is 9.59 Å². The van der Waals surface area contributed by atoms with Gasteiger partial charge in [0.05, 0.1) is 11.5 Å². The average Bonchev–Trinajstić information content (AvgIpc) is 2.84. The minimum atomic E-state index is -0.107. The molecule has 2 amide bonds. The van der Waals surface area contributed by atoms with Gasteiger partial charge in [0, 0.05) is 31.4 Å². The smallest absolute Gasteiger partial charge is 0.253 e. The Morgan fingerprint density at radius 3 is 2.28 bits per heavy atom. The van der Waals surface area contributed by atoms with Gasteiger partial charge in [0.2, 0.25) is 5.91 Å². The fourth-order valence-electron chi connectivity index (χ4n) is 4.27. The number of nitrogens with zero attached hydrogens (tertiary/aromatic N) is 1. The molecule has 2 aromatic carbocycles. The van der Waals surface area contributed by atoms with Crippen LogP contribution < -0.4 is 15.5 Å². The summed E-state index contributed by atoms with van der Waals surface area (Å²) in [5.74, 6) is 0.462. The Kier molecular flexibility index (Phi) is 8.72. The van der Waals surface area contributed by atoms with Crippen LogP contribution in [0.5, 0.6) is 0 Å². The van der Waals surface area contributed by atoms with Crippen molar-refractivity contribution in [2.24, 2.45) is 5.92 Å². The van der Waals surface area contributed by atoms with Crippen molar-refractivity contribution in [3.63, 3.8) is 0 Å². The molecule has 0 aromatic heterocycles. The zero-order chi connectivity index (χ0) is 22.9. The number of hydrogen-bond donors (Lipinski definition) is 2. The van der Waals surface area contributed by atoms with Crippen LogP contribution in [-0.2, 0) is 4.79 Å². The molecule has 1 aliphatic rings. The molecule has 1 saturated heterocycles. The molecule has 32 heavy (non-hydrogen) atoms. The van der Waals surface area contributed by atoms with Crippen molar-refractivity contribution < 1.29 is 9.59 Å². The lowest BCUT2D eigenvalue weighted by atomic mass is 9.94. The van der Waals surface area contributed by atoms with Crippen LogP contribution in [0.1, 0.15) is 68.3 Å². The van der Waals surface area contributed by atoms with Crippen LogP contribution in [0.25, 0.3) is 0 Å². The number of para-hydroxylation sites is 1. The van der Waals surface area contributed by atoms with Gasteiger partial charge in [-0.25, -0.2) is 0 Å². The van der Waals surface area contributed by atoms with Gasteiger partial charge in [0.15, 0.2) is 0 Å². The van der Waals surface area contributed by atoms with E-state index in [4.69, 9.17) is 0 Å². The van der Waals surface area contributed by atoms with Gasteiger partial charge in [-0.1, -0.05) is 69.7 Å². The van der Waals surface area contributed by atoms with Gasteiger partial charge in [-0.15, -0.1) is 0 Å². The van der Waals surface area contributed by atoms with Crippen molar-refractivity contribution in [3.05, 3.63) is 65.7 Å². The molecule has 1 aliphatic heterocycles. The molecular formula is C27H37N3O2. The van der Waals surface area contributed by atoms with Crippen molar-refractivity contribution in [1.82, 2.24) is 10.6 Å². The number of benzene rings is 2. The van der Waals surface area contributed by atoms with Crippen LogP contribution in [0, 0.1) is 5.92 Å². The maximum Gasteiger partial charge on any atom is 0.253 e. The monoisotopic (exact) mass is 435 g/mol. The Bertz CT molecular complexity index is 875. The lowest BCUT2D eigenvalue weighted by molar-refractivity contribution is -0.123. The highest BCUT2D eigenvalue weighted by Crippen LogP contribution is 2.25. The van der Waals surface area contributed by atoms with E-state index in [0.29, 0.717) is 12.5 Å². The lowest BCUT2D eigenvalue weighted by Gasteiger charge is -2.35. The summed E-state index contributed by atoms with van der Waals surface area (Å²) < 4.78 is 0. The summed E-state index contributed by atoms with van der Waals surface area (Å²) in [7, 11) is 0. The molecule has 2 aromatic rings. The molecule has 2 N–H and O–H groups in total. The number of piperidine rings is 1. The van der Waals surface area contributed by atoms with E-state index in [1.807, 2.05) is 54.6 Å². The second kappa shape index (κ2) is 11.7. The minimum Gasteiger partial charge on any atom is -0.371 e. The molecule has 2 atom stereocenters. The van der Waals surface area contributed by atoms with Crippen LogP contribution >= 0.6 is 0 Å². The molecule has 2 unspecified atom stereocenters. The van der Waals surface area contributed by atoms with Crippen LogP contribution in [0.4, 0.5) is 5.69 Å². The van der Waals surface area contributed by atoms with Crippen molar-refractivity contribution in [1.29, 1.82) is 0 Å². The van der Waals surface area contributed by atoms with E-state index >= 15 is 0 Å². The van der Waals surface area contributed by atoms with E-state index < -0.39 is 0 Å². The third kappa shape index (κ3) is 6.12.